The molecule has 2 aromatic carbocycles. The van der Waals surface area contributed by atoms with Crippen LogP contribution in [-0.2, 0) is 6.54 Å². The van der Waals surface area contributed by atoms with Gasteiger partial charge in [0, 0.05) is 36.1 Å². The van der Waals surface area contributed by atoms with Gasteiger partial charge in [0.2, 0.25) is 6.79 Å². The van der Waals surface area contributed by atoms with Crippen LogP contribution < -0.4 is 14.8 Å². The zero-order valence-electron chi connectivity index (χ0n) is 12.9. The molecule has 1 aromatic heterocycles. The van der Waals surface area contributed by atoms with Gasteiger partial charge in [-0.25, -0.2) is 0 Å². The van der Waals surface area contributed by atoms with Gasteiger partial charge in [0.1, 0.15) is 0 Å². The number of nitrogens with one attached hydrogen (secondary N) is 1. The van der Waals surface area contributed by atoms with Gasteiger partial charge in [-0.3, -0.25) is 15.1 Å². The van der Waals surface area contributed by atoms with E-state index >= 15 is 0 Å². The van der Waals surface area contributed by atoms with E-state index < -0.39 is 4.92 Å². The van der Waals surface area contributed by atoms with E-state index in [1.54, 1.807) is 18.3 Å². The number of hydrogen-bond acceptors (Lipinski definition) is 6. The fraction of sp³-hybridized carbons (Fsp3) is 0.118. The summed E-state index contributed by atoms with van der Waals surface area (Å²) >= 11 is 3.47. The van der Waals surface area contributed by atoms with Crippen molar-refractivity contribution in [1.29, 1.82) is 0 Å². The van der Waals surface area contributed by atoms with E-state index in [4.69, 9.17) is 9.47 Å². The fourth-order valence-electron chi connectivity index (χ4n) is 2.81. The van der Waals surface area contributed by atoms with Gasteiger partial charge in [-0.15, -0.1) is 0 Å². The predicted molar refractivity (Wildman–Crippen MR) is 96.0 cm³/mol. The number of anilines is 1. The van der Waals surface area contributed by atoms with Crippen molar-refractivity contribution in [2.45, 2.75) is 6.54 Å². The Labute approximate surface area is 150 Å². The van der Waals surface area contributed by atoms with Gasteiger partial charge in [0.25, 0.3) is 5.69 Å². The standard InChI is InChI=1S/C17H12BrN3O4/c18-13-5-10(6-16-17(13)25-9-24-16)7-20-14-1-2-15(21(22)23)12-8-19-4-3-11(12)14/h1-6,8,20H,7,9H2. The Bertz CT molecular complexity index is 993. The Balaban J connectivity index is 1.65. The van der Waals surface area contributed by atoms with Crippen LogP contribution in [0.4, 0.5) is 11.4 Å². The molecule has 0 saturated carbocycles. The predicted octanol–water partition coefficient (Wildman–Crippen LogP) is 4.25. The number of benzene rings is 2. The summed E-state index contributed by atoms with van der Waals surface area (Å²) in [6.45, 7) is 0.745. The van der Waals surface area contributed by atoms with E-state index in [0.29, 0.717) is 23.4 Å². The summed E-state index contributed by atoms with van der Waals surface area (Å²) in [6, 6.07) is 8.83. The number of nitrogens with zero attached hydrogens (tertiary/aromatic N) is 2. The van der Waals surface area contributed by atoms with Gasteiger partial charge in [0.15, 0.2) is 11.5 Å². The third-order valence-electron chi connectivity index (χ3n) is 3.96. The molecule has 0 radical (unpaired) electrons. The zero-order chi connectivity index (χ0) is 17.4. The normalized spacial score (nSPS) is 12.4. The first kappa shape index (κ1) is 15.6. The Morgan fingerprint density at radius 2 is 2.12 bits per heavy atom. The van der Waals surface area contributed by atoms with Crippen molar-refractivity contribution >= 4 is 38.1 Å². The summed E-state index contributed by atoms with van der Waals surface area (Å²) in [7, 11) is 0. The minimum Gasteiger partial charge on any atom is -0.454 e. The molecule has 1 N–H and O–H groups in total. The summed E-state index contributed by atoms with van der Waals surface area (Å²) in [6.07, 6.45) is 3.13. The average molecular weight is 402 g/mol. The highest BCUT2D eigenvalue weighted by molar-refractivity contribution is 9.10. The molecule has 1 aliphatic rings. The Morgan fingerprint density at radius 1 is 1.24 bits per heavy atom. The SMILES string of the molecule is O=[N+]([O-])c1ccc(NCc2cc(Br)c3c(c2)OCO3)c2ccncc12. The van der Waals surface area contributed by atoms with Crippen molar-refractivity contribution in [3.05, 3.63) is 62.9 Å². The number of halogens is 1. The number of nitro benzene ring substituents is 1. The van der Waals surface area contributed by atoms with E-state index in [1.165, 1.54) is 12.3 Å². The number of hydrogen-bond donors (Lipinski definition) is 1. The van der Waals surface area contributed by atoms with Crippen LogP contribution in [0.3, 0.4) is 0 Å². The minimum absolute atomic E-state index is 0.0412. The largest absolute Gasteiger partial charge is 0.454 e. The van der Waals surface area contributed by atoms with E-state index in [1.807, 2.05) is 12.1 Å². The highest BCUT2D eigenvalue weighted by atomic mass is 79.9. The molecule has 0 spiro atoms. The van der Waals surface area contributed by atoms with Crippen LogP contribution in [-0.4, -0.2) is 16.7 Å². The molecule has 0 unspecified atom stereocenters. The van der Waals surface area contributed by atoms with Crippen LogP contribution in [0.1, 0.15) is 5.56 Å². The smallest absolute Gasteiger partial charge is 0.278 e. The van der Waals surface area contributed by atoms with Crippen molar-refractivity contribution in [2.24, 2.45) is 0 Å². The minimum atomic E-state index is -0.400. The number of nitro groups is 1. The average Bonchev–Trinajstić information content (AvgIpc) is 3.08. The molecule has 7 nitrogen and oxygen atoms in total. The molecule has 8 heteroatoms. The van der Waals surface area contributed by atoms with Crippen molar-refractivity contribution in [3.8, 4) is 11.5 Å². The molecule has 25 heavy (non-hydrogen) atoms. The summed E-state index contributed by atoms with van der Waals surface area (Å²) in [5.41, 5.74) is 1.84. The monoisotopic (exact) mass is 401 g/mol. The molecule has 3 aromatic rings. The molecule has 126 valence electrons. The van der Waals surface area contributed by atoms with E-state index in [9.17, 15) is 10.1 Å². The lowest BCUT2D eigenvalue weighted by atomic mass is 10.1. The summed E-state index contributed by atoms with van der Waals surface area (Å²) < 4.78 is 11.6. The molecule has 0 fully saturated rings. The third kappa shape index (κ3) is 2.85. The van der Waals surface area contributed by atoms with Gasteiger partial charge in [0.05, 0.1) is 14.8 Å². The van der Waals surface area contributed by atoms with Crippen molar-refractivity contribution in [2.75, 3.05) is 12.1 Å². The molecular formula is C17H12BrN3O4. The molecule has 0 aliphatic carbocycles. The maximum absolute atomic E-state index is 11.2. The second-order valence-electron chi connectivity index (χ2n) is 5.48. The summed E-state index contributed by atoms with van der Waals surface area (Å²) in [4.78, 5) is 14.8. The van der Waals surface area contributed by atoms with E-state index in [2.05, 4.69) is 26.2 Å². The number of rotatable bonds is 4. The number of fused-ring (bicyclic) bond motifs is 2. The maximum atomic E-state index is 11.2. The molecule has 0 saturated heterocycles. The zero-order valence-corrected chi connectivity index (χ0v) is 14.4. The Morgan fingerprint density at radius 3 is 2.96 bits per heavy atom. The number of non-ortho nitro benzene ring substituents is 1. The lowest BCUT2D eigenvalue weighted by molar-refractivity contribution is -0.383. The molecule has 2 heterocycles. The number of ether oxygens (including phenoxy) is 2. The first-order valence-corrected chi connectivity index (χ1v) is 8.26. The summed E-state index contributed by atoms with van der Waals surface area (Å²) in [5.74, 6) is 1.40. The van der Waals surface area contributed by atoms with Crippen LogP contribution in [0.5, 0.6) is 11.5 Å². The van der Waals surface area contributed by atoms with Gasteiger partial charge < -0.3 is 14.8 Å². The van der Waals surface area contributed by atoms with Crippen molar-refractivity contribution in [1.82, 2.24) is 4.98 Å². The maximum Gasteiger partial charge on any atom is 0.278 e. The van der Waals surface area contributed by atoms with Crippen LogP contribution in [0.15, 0.2) is 47.2 Å². The molecule has 0 bridgehead atoms. The first-order chi connectivity index (χ1) is 12.1. The quantitative estimate of drug-likeness (QED) is 0.519. The van der Waals surface area contributed by atoms with E-state index in [0.717, 1.165) is 21.1 Å². The highest BCUT2D eigenvalue weighted by Crippen LogP contribution is 2.40. The molecule has 0 atom stereocenters. The van der Waals surface area contributed by atoms with Gasteiger partial charge >= 0.3 is 0 Å². The van der Waals surface area contributed by atoms with Crippen LogP contribution in [0.2, 0.25) is 0 Å². The molecular weight excluding hydrogens is 390 g/mol. The highest BCUT2D eigenvalue weighted by Gasteiger charge is 2.18. The van der Waals surface area contributed by atoms with Gasteiger partial charge in [-0.05, 0) is 45.8 Å². The van der Waals surface area contributed by atoms with Crippen LogP contribution >= 0.6 is 15.9 Å². The van der Waals surface area contributed by atoms with E-state index in [-0.39, 0.29) is 12.5 Å². The fourth-order valence-corrected chi connectivity index (χ4v) is 3.41. The van der Waals surface area contributed by atoms with Gasteiger partial charge in [-0.2, -0.15) is 0 Å². The van der Waals surface area contributed by atoms with Gasteiger partial charge in [-0.1, -0.05) is 0 Å². The first-order valence-electron chi connectivity index (χ1n) is 7.46. The lowest BCUT2D eigenvalue weighted by Crippen LogP contribution is -2.01. The lowest BCUT2D eigenvalue weighted by Gasteiger charge is -2.11. The van der Waals surface area contributed by atoms with Crippen molar-refractivity contribution < 1.29 is 14.4 Å². The molecule has 4 rings (SSSR count). The third-order valence-corrected chi connectivity index (χ3v) is 4.55. The topological polar surface area (TPSA) is 86.5 Å². The second-order valence-corrected chi connectivity index (χ2v) is 6.33. The van der Waals surface area contributed by atoms with Crippen LogP contribution in [0, 0.1) is 10.1 Å². The summed E-state index contributed by atoms with van der Waals surface area (Å²) in [5, 5.41) is 15.8. The Hall–Kier alpha value is -2.87. The molecule has 1 aliphatic heterocycles. The second kappa shape index (κ2) is 6.21. The Kier molecular flexibility index (Phi) is 3.89. The van der Waals surface area contributed by atoms with Crippen molar-refractivity contribution in [3.63, 3.8) is 0 Å². The van der Waals surface area contributed by atoms with Crippen LogP contribution in [0.25, 0.3) is 10.8 Å². The number of pyridine rings is 1. The molecule has 0 amide bonds. The number of aromatic nitrogens is 1.